The predicted molar refractivity (Wildman–Crippen MR) is 174 cm³/mol. The summed E-state index contributed by atoms with van der Waals surface area (Å²) < 4.78 is 32.1. The number of anilines is 2. The van der Waals surface area contributed by atoms with E-state index in [0.717, 1.165) is 55.5 Å². The van der Waals surface area contributed by atoms with E-state index in [2.05, 4.69) is 26.4 Å². The lowest BCUT2D eigenvalue weighted by Crippen LogP contribution is -2.62. The molecule has 4 fully saturated rings. The molecule has 5 aliphatic rings. The Balaban J connectivity index is 1.14. The van der Waals surface area contributed by atoms with E-state index >= 15 is 0 Å². The Labute approximate surface area is 286 Å². The highest BCUT2D eigenvalue weighted by molar-refractivity contribution is 7.16. The number of piperazine rings is 1. The molecule has 4 aliphatic heterocycles. The van der Waals surface area contributed by atoms with Crippen LogP contribution in [0.3, 0.4) is 0 Å². The van der Waals surface area contributed by atoms with Gasteiger partial charge in [-0.25, -0.2) is 4.39 Å². The number of nitrogens with one attached hydrogen (secondary N) is 1. The highest BCUT2D eigenvalue weighted by Crippen LogP contribution is 2.48. The molecule has 0 amide bonds. The van der Waals surface area contributed by atoms with Crippen LogP contribution >= 0.6 is 11.3 Å². The third-order valence-electron chi connectivity index (χ3n) is 11.0. The van der Waals surface area contributed by atoms with Gasteiger partial charge in [-0.05, 0) is 58.4 Å². The second kappa shape index (κ2) is 11.8. The Bertz CT molecular complexity index is 1790. The first-order chi connectivity index (χ1) is 23.4. The number of thiophene rings is 1. The third-order valence-corrected chi connectivity index (χ3v) is 12.1. The average Bonchev–Trinajstić information content (AvgIpc) is 3.87. The van der Waals surface area contributed by atoms with Gasteiger partial charge in [0, 0.05) is 49.5 Å². The van der Waals surface area contributed by atoms with Crippen LogP contribution in [-0.2, 0) is 16.6 Å². The van der Waals surface area contributed by atoms with E-state index in [1.807, 2.05) is 11.8 Å². The maximum absolute atomic E-state index is 14.5. The van der Waals surface area contributed by atoms with Gasteiger partial charge in [-0.1, -0.05) is 5.16 Å². The zero-order valence-corrected chi connectivity index (χ0v) is 28.4. The van der Waals surface area contributed by atoms with Crippen LogP contribution in [0.1, 0.15) is 80.7 Å². The highest BCUT2D eigenvalue weighted by atomic mass is 32.1. The monoisotopic (exact) mass is 696 g/mol. The minimum absolute atomic E-state index is 0.0695. The van der Waals surface area contributed by atoms with Gasteiger partial charge in [0.05, 0.1) is 28.7 Å². The minimum atomic E-state index is -2.26. The Morgan fingerprint density at radius 3 is 2.84 bits per heavy atom. The normalized spacial score (nSPS) is 31.1. The van der Waals surface area contributed by atoms with E-state index < -0.39 is 28.6 Å². The van der Waals surface area contributed by atoms with Crippen molar-refractivity contribution in [2.75, 3.05) is 50.0 Å². The number of nitrogen functional groups attached to an aromatic ring is 1. The van der Waals surface area contributed by atoms with Crippen molar-refractivity contribution < 1.29 is 28.6 Å². The number of nitriles is 1. The SMILES string of the molecule is CC(O)(O)OCC12CC[C@H](CN(c3nc(OC[C@@]45CCCN4CC(F)C5)nc(-c4noc(C5(C)CCCc6sc(N)c(C#N)c65)n4)n3)C1)N2. The van der Waals surface area contributed by atoms with Gasteiger partial charge in [0.15, 0.2) is 0 Å². The molecule has 3 unspecified atom stereocenters. The molecular weight excluding hydrogens is 655 g/mol. The third kappa shape index (κ3) is 5.81. The summed E-state index contributed by atoms with van der Waals surface area (Å²) in [4.78, 5) is 24.2. The largest absolute Gasteiger partial charge is 0.461 e. The zero-order chi connectivity index (χ0) is 34.2. The molecule has 17 heteroatoms. The van der Waals surface area contributed by atoms with Gasteiger partial charge in [0.25, 0.3) is 5.97 Å². The summed E-state index contributed by atoms with van der Waals surface area (Å²) in [5.41, 5.74) is 5.85. The molecule has 0 spiro atoms. The molecule has 0 saturated carbocycles. The van der Waals surface area contributed by atoms with Gasteiger partial charge in [-0.3, -0.25) is 4.90 Å². The fraction of sp³-hybridized carbons (Fsp3) is 0.688. The summed E-state index contributed by atoms with van der Waals surface area (Å²) in [5.74, 6) is -1.27. The summed E-state index contributed by atoms with van der Waals surface area (Å²) >= 11 is 1.43. The van der Waals surface area contributed by atoms with Gasteiger partial charge in [0.1, 0.15) is 23.8 Å². The lowest BCUT2D eigenvalue weighted by Gasteiger charge is -2.41. The lowest BCUT2D eigenvalue weighted by molar-refractivity contribution is -0.330. The summed E-state index contributed by atoms with van der Waals surface area (Å²) in [6.45, 7) is 5.74. The summed E-state index contributed by atoms with van der Waals surface area (Å²) in [5, 5.41) is 38.0. The molecule has 4 saturated heterocycles. The van der Waals surface area contributed by atoms with Crippen molar-refractivity contribution >= 4 is 22.3 Å². The van der Waals surface area contributed by atoms with E-state index in [1.165, 1.54) is 18.3 Å². The van der Waals surface area contributed by atoms with Crippen LogP contribution < -0.4 is 20.7 Å². The van der Waals surface area contributed by atoms with Gasteiger partial charge in [-0.15, -0.1) is 11.3 Å². The maximum atomic E-state index is 14.5. The number of fused-ring (bicyclic) bond motifs is 4. The maximum Gasteiger partial charge on any atom is 0.321 e. The number of hydrogen-bond donors (Lipinski definition) is 4. The minimum Gasteiger partial charge on any atom is -0.461 e. The number of aryl methyl sites for hydroxylation is 1. The number of nitrogens with two attached hydrogens (primary N) is 1. The predicted octanol–water partition coefficient (Wildman–Crippen LogP) is 2.02. The van der Waals surface area contributed by atoms with Crippen molar-refractivity contribution in [3.8, 4) is 23.7 Å². The molecule has 15 nitrogen and oxygen atoms in total. The lowest BCUT2D eigenvalue weighted by atomic mass is 9.72. The first-order valence-corrected chi connectivity index (χ1v) is 17.7. The fourth-order valence-corrected chi connectivity index (χ4v) is 9.91. The van der Waals surface area contributed by atoms with E-state index in [0.29, 0.717) is 54.9 Å². The van der Waals surface area contributed by atoms with Crippen LogP contribution in [0.2, 0.25) is 0 Å². The van der Waals surface area contributed by atoms with Crippen molar-refractivity contribution in [3.05, 3.63) is 21.9 Å². The Morgan fingerprint density at radius 1 is 1.16 bits per heavy atom. The van der Waals surface area contributed by atoms with Gasteiger partial charge >= 0.3 is 6.01 Å². The topological polar surface area (TPSA) is 205 Å². The van der Waals surface area contributed by atoms with Gasteiger partial charge < -0.3 is 40.2 Å². The molecule has 2 bridgehead atoms. The summed E-state index contributed by atoms with van der Waals surface area (Å²) in [6, 6.07) is 2.45. The average molecular weight is 697 g/mol. The van der Waals surface area contributed by atoms with Crippen LogP contribution in [0.25, 0.3) is 11.6 Å². The number of ether oxygens (including phenoxy) is 2. The first kappa shape index (κ1) is 32.7. The zero-order valence-electron chi connectivity index (χ0n) is 27.6. The second-order valence-corrected chi connectivity index (χ2v) is 15.9. The van der Waals surface area contributed by atoms with Crippen molar-refractivity contribution in [2.45, 2.75) is 99.9 Å². The van der Waals surface area contributed by atoms with Crippen LogP contribution in [-0.4, -0.2) is 109 Å². The van der Waals surface area contributed by atoms with Crippen molar-refractivity contribution in [1.29, 1.82) is 5.26 Å². The molecule has 5 N–H and O–H groups in total. The van der Waals surface area contributed by atoms with Crippen LogP contribution in [0.4, 0.5) is 15.3 Å². The number of rotatable bonds is 9. The molecule has 5 atom stereocenters. The Kier molecular flexibility index (Phi) is 7.85. The fourth-order valence-electron chi connectivity index (χ4n) is 8.72. The van der Waals surface area contributed by atoms with Crippen LogP contribution in [0.15, 0.2) is 4.52 Å². The second-order valence-electron chi connectivity index (χ2n) is 14.7. The highest BCUT2D eigenvalue weighted by Gasteiger charge is 2.50. The molecule has 1 aliphatic carbocycles. The number of hydrogen-bond acceptors (Lipinski definition) is 16. The van der Waals surface area contributed by atoms with E-state index in [1.54, 1.807) is 0 Å². The van der Waals surface area contributed by atoms with E-state index in [9.17, 15) is 19.9 Å². The molecule has 262 valence electrons. The number of nitrogens with zero attached hydrogens (tertiary/aromatic N) is 8. The number of alkyl halides is 1. The molecule has 0 aromatic carbocycles. The number of aromatic nitrogens is 5. The van der Waals surface area contributed by atoms with Gasteiger partial charge in [0.2, 0.25) is 23.5 Å². The Morgan fingerprint density at radius 2 is 2.02 bits per heavy atom. The molecule has 3 aromatic heterocycles. The molecule has 0 radical (unpaired) electrons. The summed E-state index contributed by atoms with van der Waals surface area (Å²) in [7, 11) is 0. The molecule has 3 aromatic rings. The van der Waals surface area contributed by atoms with Crippen molar-refractivity contribution in [2.24, 2.45) is 0 Å². The summed E-state index contributed by atoms with van der Waals surface area (Å²) in [6.07, 6.45) is 5.35. The Hall–Kier alpha value is -3.53. The molecular formula is C32H41FN10O5S. The first-order valence-electron chi connectivity index (χ1n) is 16.9. The van der Waals surface area contributed by atoms with E-state index in [-0.39, 0.29) is 36.9 Å². The van der Waals surface area contributed by atoms with E-state index in [4.69, 9.17) is 34.7 Å². The number of halogens is 1. The van der Waals surface area contributed by atoms with Crippen LogP contribution in [0.5, 0.6) is 6.01 Å². The molecule has 7 heterocycles. The van der Waals surface area contributed by atoms with Gasteiger partial charge in [-0.2, -0.15) is 25.2 Å². The number of aliphatic hydroxyl groups is 2. The molecule has 49 heavy (non-hydrogen) atoms. The molecule has 8 rings (SSSR count). The quantitative estimate of drug-likeness (QED) is 0.236. The standard InChI is InChI=1S/C32H41FN10O5S/c1-29(7-3-5-21-22(29)20(12-34)23(35)49-21)26-36-25(41-48-26)24-37-27(42-14-19-6-9-31(15-42,40-19)16-47-30(2,44)45)39-28(38-24)46-17-32-8-4-10-43(32)13-18(33)11-32/h18-19,40,44-45H,3-11,13-17,35H2,1-2H3/t18?,19-,29?,31?,32+/m1/s1. The van der Waals surface area contributed by atoms with Crippen molar-refractivity contribution in [3.63, 3.8) is 0 Å². The van der Waals surface area contributed by atoms with Crippen LogP contribution in [0, 0.1) is 11.3 Å². The smallest absolute Gasteiger partial charge is 0.321 e. The van der Waals surface area contributed by atoms with Crippen molar-refractivity contribution in [1.82, 2.24) is 35.3 Å².